The summed E-state index contributed by atoms with van der Waals surface area (Å²) >= 11 is 0. The molecule has 80 valence electrons. The Morgan fingerprint density at radius 1 is 1.50 bits per heavy atom. The minimum absolute atomic E-state index is 0.689. The van der Waals surface area contributed by atoms with Crippen molar-refractivity contribution in [1.29, 1.82) is 0 Å². The molecule has 0 radical (unpaired) electrons. The Morgan fingerprint density at radius 2 is 2.21 bits per heavy atom. The second-order valence-corrected chi connectivity index (χ2v) is 4.67. The third-order valence-electron chi connectivity index (χ3n) is 3.31. The maximum absolute atomic E-state index is 3.78. The van der Waals surface area contributed by atoms with Crippen molar-refractivity contribution in [2.45, 2.75) is 39.7 Å². The Balaban J connectivity index is 2.45. The van der Waals surface area contributed by atoms with Gasteiger partial charge in [0.1, 0.15) is 0 Å². The Bertz CT molecular complexity index is 217. The topological polar surface area (TPSA) is 12.0 Å². The van der Waals surface area contributed by atoms with E-state index in [1.807, 2.05) is 6.08 Å². The summed E-state index contributed by atoms with van der Waals surface area (Å²) in [5.41, 5.74) is 1.31. The molecule has 1 aliphatic rings. The van der Waals surface area contributed by atoms with E-state index in [1.54, 1.807) is 0 Å². The second kappa shape index (κ2) is 5.35. The number of allylic oxidation sites excluding steroid dienone is 3. The number of nitrogens with one attached hydrogen (secondary N) is 1. The molecule has 3 atom stereocenters. The first-order valence-electron chi connectivity index (χ1n) is 5.66. The van der Waals surface area contributed by atoms with Crippen LogP contribution in [0, 0.1) is 11.8 Å². The van der Waals surface area contributed by atoms with Gasteiger partial charge in [0, 0.05) is 6.04 Å². The average molecular weight is 193 g/mol. The quantitative estimate of drug-likeness (QED) is 0.679. The first kappa shape index (κ1) is 11.5. The summed E-state index contributed by atoms with van der Waals surface area (Å²) in [6, 6.07) is 0.689. The van der Waals surface area contributed by atoms with Gasteiger partial charge >= 0.3 is 0 Å². The first-order chi connectivity index (χ1) is 6.63. The zero-order valence-corrected chi connectivity index (χ0v) is 9.72. The van der Waals surface area contributed by atoms with Gasteiger partial charge in [-0.3, -0.25) is 0 Å². The SMILES string of the molecule is C=C/C(C)=C/CC1CC(C)NCC1C. The Hall–Kier alpha value is -0.560. The van der Waals surface area contributed by atoms with E-state index in [9.17, 15) is 0 Å². The van der Waals surface area contributed by atoms with E-state index < -0.39 is 0 Å². The van der Waals surface area contributed by atoms with Crippen LogP contribution in [0.5, 0.6) is 0 Å². The van der Waals surface area contributed by atoms with Crippen molar-refractivity contribution in [3.63, 3.8) is 0 Å². The highest BCUT2D eigenvalue weighted by atomic mass is 14.9. The Labute approximate surface area is 88.3 Å². The largest absolute Gasteiger partial charge is 0.314 e. The van der Waals surface area contributed by atoms with Crippen LogP contribution in [0.3, 0.4) is 0 Å². The fourth-order valence-electron chi connectivity index (χ4n) is 2.07. The summed E-state index contributed by atoms with van der Waals surface area (Å²) in [5.74, 6) is 1.65. The summed E-state index contributed by atoms with van der Waals surface area (Å²) in [4.78, 5) is 0. The van der Waals surface area contributed by atoms with E-state index >= 15 is 0 Å². The van der Waals surface area contributed by atoms with Gasteiger partial charge in [0.2, 0.25) is 0 Å². The van der Waals surface area contributed by atoms with Crippen molar-refractivity contribution in [2.75, 3.05) is 6.54 Å². The summed E-state index contributed by atoms with van der Waals surface area (Å²) in [6.07, 6.45) is 6.79. The lowest BCUT2D eigenvalue weighted by molar-refractivity contribution is 0.234. The van der Waals surface area contributed by atoms with Crippen molar-refractivity contribution >= 4 is 0 Å². The fourth-order valence-corrected chi connectivity index (χ4v) is 2.07. The Kier molecular flexibility index (Phi) is 4.40. The fraction of sp³-hybridized carbons (Fsp3) is 0.692. The first-order valence-corrected chi connectivity index (χ1v) is 5.66. The average Bonchev–Trinajstić information content (AvgIpc) is 2.19. The van der Waals surface area contributed by atoms with Crippen LogP contribution in [0.15, 0.2) is 24.3 Å². The molecule has 0 bridgehead atoms. The van der Waals surface area contributed by atoms with Crippen LogP contribution in [0.2, 0.25) is 0 Å². The molecule has 1 nitrogen and oxygen atoms in total. The summed E-state index contributed by atoms with van der Waals surface area (Å²) < 4.78 is 0. The van der Waals surface area contributed by atoms with Crippen LogP contribution >= 0.6 is 0 Å². The Morgan fingerprint density at radius 3 is 2.86 bits per heavy atom. The van der Waals surface area contributed by atoms with Gasteiger partial charge in [-0.05, 0) is 45.1 Å². The molecule has 3 unspecified atom stereocenters. The molecule has 0 spiro atoms. The highest BCUT2D eigenvalue weighted by molar-refractivity contribution is 5.12. The van der Waals surface area contributed by atoms with Crippen LogP contribution in [0.25, 0.3) is 0 Å². The van der Waals surface area contributed by atoms with Gasteiger partial charge in [-0.25, -0.2) is 0 Å². The molecular formula is C13H23N. The number of piperidine rings is 1. The maximum atomic E-state index is 3.78. The third-order valence-corrected chi connectivity index (χ3v) is 3.31. The molecule has 1 heterocycles. The van der Waals surface area contributed by atoms with Crippen molar-refractivity contribution in [3.8, 4) is 0 Å². The molecule has 0 aromatic carbocycles. The van der Waals surface area contributed by atoms with Gasteiger partial charge in [-0.15, -0.1) is 0 Å². The lowest BCUT2D eigenvalue weighted by atomic mass is 9.82. The molecule has 14 heavy (non-hydrogen) atoms. The van der Waals surface area contributed by atoms with Gasteiger partial charge in [0.05, 0.1) is 0 Å². The van der Waals surface area contributed by atoms with E-state index in [1.165, 1.54) is 25.0 Å². The zero-order valence-electron chi connectivity index (χ0n) is 9.72. The molecule has 1 saturated heterocycles. The van der Waals surface area contributed by atoms with Gasteiger partial charge in [0.15, 0.2) is 0 Å². The molecule has 0 amide bonds. The normalized spacial score (nSPS) is 34.2. The number of rotatable bonds is 3. The molecule has 1 fully saturated rings. The highest BCUT2D eigenvalue weighted by Gasteiger charge is 2.23. The number of hydrogen-bond donors (Lipinski definition) is 1. The van der Waals surface area contributed by atoms with Gasteiger partial charge < -0.3 is 5.32 Å². The molecule has 1 rings (SSSR count). The van der Waals surface area contributed by atoms with Crippen LogP contribution in [-0.4, -0.2) is 12.6 Å². The maximum Gasteiger partial charge on any atom is 0.00416 e. The minimum Gasteiger partial charge on any atom is -0.314 e. The smallest absolute Gasteiger partial charge is 0.00416 e. The summed E-state index contributed by atoms with van der Waals surface area (Å²) in [6.45, 7) is 11.7. The monoisotopic (exact) mass is 193 g/mol. The molecule has 1 heteroatoms. The molecule has 1 N–H and O–H groups in total. The van der Waals surface area contributed by atoms with Gasteiger partial charge in [-0.1, -0.05) is 31.2 Å². The predicted octanol–water partition coefficient (Wildman–Crippen LogP) is 3.14. The predicted molar refractivity (Wildman–Crippen MR) is 63.3 cm³/mol. The summed E-state index contributed by atoms with van der Waals surface area (Å²) in [5, 5.41) is 3.52. The number of hydrogen-bond acceptors (Lipinski definition) is 1. The van der Waals surface area contributed by atoms with Crippen LogP contribution in [0.4, 0.5) is 0 Å². The standard InChI is InChI=1S/C13H23N/c1-5-10(2)6-7-13-8-12(4)14-9-11(13)3/h5-6,11-14H,1,7-9H2,2-4H3/b10-6+. The van der Waals surface area contributed by atoms with Crippen LogP contribution in [-0.2, 0) is 0 Å². The molecule has 0 aromatic rings. The van der Waals surface area contributed by atoms with Crippen molar-refractivity contribution in [3.05, 3.63) is 24.3 Å². The van der Waals surface area contributed by atoms with E-state index in [0.717, 1.165) is 11.8 Å². The minimum atomic E-state index is 0.689. The molecule has 0 saturated carbocycles. The molecule has 0 aromatic heterocycles. The van der Waals surface area contributed by atoms with E-state index in [4.69, 9.17) is 0 Å². The van der Waals surface area contributed by atoms with E-state index in [-0.39, 0.29) is 0 Å². The van der Waals surface area contributed by atoms with Crippen molar-refractivity contribution < 1.29 is 0 Å². The highest BCUT2D eigenvalue weighted by Crippen LogP contribution is 2.25. The second-order valence-electron chi connectivity index (χ2n) is 4.67. The lowest BCUT2D eigenvalue weighted by Gasteiger charge is -2.33. The van der Waals surface area contributed by atoms with Crippen LogP contribution < -0.4 is 5.32 Å². The third kappa shape index (κ3) is 3.30. The molecule has 0 aliphatic carbocycles. The molecular weight excluding hydrogens is 170 g/mol. The van der Waals surface area contributed by atoms with Gasteiger partial charge in [-0.2, -0.15) is 0 Å². The van der Waals surface area contributed by atoms with E-state index in [0.29, 0.717) is 6.04 Å². The van der Waals surface area contributed by atoms with E-state index in [2.05, 4.69) is 38.7 Å². The lowest BCUT2D eigenvalue weighted by Crippen LogP contribution is -2.41. The van der Waals surface area contributed by atoms with Gasteiger partial charge in [0.25, 0.3) is 0 Å². The summed E-state index contributed by atoms with van der Waals surface area (Å²) in [7, 11) is 0. The van der Waals surface area contributed by atoms with Crippen molar-refractivity contribution in [1.82, 2.24) is 5.32 Å². The molecule has 1 aliphatic heterocycles. The van der Waals surface area contributed by atoms with Crippen LogP contribution in [0.1, 0.15) is 33.6 Å². The van der Waals surface area contributed by atoms with Crippen molar-refractivity contribution in [2.24, 2.45) is 11.8 Å². The zero-order chi connectivity index (χ0) is 10.6.